The fraction of sp³-hybridized carbons (Fsp3) is 0.438. The summed E-state index contributed by atoms with van der Waals surface area (Å²) in [6.07, 6.45) is 0.708. The molecule has 0 radical (unpaired) electrons. The maximum Gasteiger partial charge on any atom is 0.357 e. The molecule has 0 saturated heterocycles. The number of para-hydroxylation sites is 1. The van der Waals surface area contributed by atoms with E-state index in [1.165, 1.54) is 11.6 Å². The first kappa shape index (κ1) is 17.0. The van der Waals surface area contributed by atoms with Crippen LogP contribution in [0.2, 0.25) is 0 Å². The Labute approximate surface area is 134 Å². The number of ether oxygens (including phenoxy) is 1. The molecule has 7 nitrogen and oxygen atoms in total. The van der Waals surface area contributed by atoms with Gasteiger partial charge in [0.25, 0.3) is 0 Å². The molecule has 1 N–H and O–H groups in total. The topological polar surface area (TPSA) is 86.4 Å². The van der Waals surface area contributed by atoms with E-state index in [0.29, 0.717) is 24.1 Å². The van der Waals surface area contributed by atoms with E-state index in [4.69, 9.17) is 4.74 Å². The molecule has 0 bridgehead atoms. The van der Waals surface area contributed by atoms with Crippen molar-refractivity contribution < 1.29 is 9.66 Å². The minimum absolute atomic E-state index is 0.0672. The Bertz CT molecular complexity index is 770. The normalized spacial score (nSPS) is 12.3. The fourth-order valence-corrected chi connectivity index (χ4v) is 2.60. The third kappa shape index (κ3) is 3.34. The SMILES string of the molecule is CCOC(CC)CNc1c([N+](=O)[O-])c(=O)n(C)c2ccccc12. The van der Waals surface area contributed by atoms with E-state index in [9.17, 15) is 14.9 Å². The third-order valence-corrected chi connectivity index (χ3v) is 3.83. The molecule has 2 rings (SSSR count). The van der Waals surface area contributed by atoms with Crippen molar-refractivity contribution in [2.24, 2.45) is 7.05 Å². The van der Waals surface area contributed by atoms with E-state index in [1.54, 1.807) is 24.3 Å². The molecule has 0 fully saturated rings. The van der Waals surface area contributed by atoms with Gasteiger partial charge in [0.1, 0.15) is 5.69 Å². The molecule has 0 saturated carbocycles. The van der Waals surface area contributed by atoms with E-state index in [-0.39, 0.29) is 11.8 Å². The number of nitrogens with zero attached hydrogens (tertiary/aromatic N) is 2. The highest BCUT2D eigenvalue weighted by Gasteiger charge is 2.25. The standard InChI is InChI=1S/C16H21N3O4/c1-4-11(23-5-2)10-17-14-12-8-6-7-9-13(12)18(3)16(20)15(14)19(21)22/h6-9,11,17H,4-5,10H2,1-3H3. The summed E-state index contributed by atoms with van der Waals surface area (Å²) >= 11 is 0. The molecule has 23 heavy (non-hydrogen) atoms. The quantitative estimate of drug-likeness (QED) is 0.626. The second-order valence-electron chi connectivity index (χ2n) is 5.23. The molecule has 1 heterocycles. The van der Waals surface area contributed by atoms with E-state index in [0.717, 1.165) is 6.42 Å². The number of aromatic nitrogens is 1. The van der Waals surface area contributed by atoms with E-state index in [2.05, 4.69) is 5.32 Å². The van der Waals surface area contributed by atoms with Gasteiger partial charge in [0.2, 0.25) is 0 Å². The number of pyridine rings is 1. The minimum Gasteiger partial charge on any atom is -0.377 e. The highest BCUT2D eigenvalue weighted by atomic mass is 16.6. The van der Waals surface area contributed by atoms with Crippen LogP contribution in [0, 0.1) is 10.1 Å². The maximum atomic E-state index is 12.3. The molecule has 1 unspecified atom stereocenters. The third-order valence-electron chi connectivity index (χ3n) is 3.83. The Kier molecular flexibility index (Phi) is 5.33. The molecule has 124 valence electrons. The molecule has 1 aromatic carbocycles. The second kappa shape index (κ2) is 7.23. The molecule has 0 aliphatic carbocycles. The summed E-state index contributed by atoms with van der Waals surface area (Å²) in [4.78, 5) is 23.1. The van der Waals surface area contributed by atoms with Crippen molar-refractivity contribution in [1.82, 2.24) is 4.57 Å². The van der Waals surface area contributed by atoms with Crippen LogP contribution in [0.3, 0.4) is 0 Å². The van der Waals surface area contributed by atoms with Crippen LogP contribution in [0.25, 0.3) is 10.9 Å². The van der Waals surface area contributed by atoms with Crippen molar-refractivity contribution in [3.63, 3.8) is 0 Å². The van der Waals surface area contributed by atoms with Gasteiger partial charge in [-0.1, -0.05) is 25.1 Å². The molecule has 1 aromatic heterocycles. The first-order chi connectivity index (χ1) is 11.0. The molecule has 0 aliphatic heterocycles. The van der Waals surface area contributed by atoms with Gasteiger partial charge in [0, 0.05) is 25.6 Å². The van der Waals surface area contributed by atoms with Crippen molar-refractivity contribution in [2.45, 2.75) is 26.4 Å². The fourth-order valence-electron chi connectivity index (χ4n) is 2.60. The zero-order valence-electron chi connectivity index (χ0n) is 13.5. The lowest BCUT2D eigenvalue weighted by molar-refractivity contribution is -0.385. The first-order valence-corrected chi connectivity index (χ1v) is 7.62. The van der Waals surface area contributed by atoms with Crippen molar-refractivity contribution in [3.8, 4) is 0 Å². The van der Waals surface area contributed by atoms with E-state index in [1.807, 2.05) is 13.8 Å². The summed E-state index contributed by atoms with van der Waals surface area (Å²) in [6.45, 7) is 4.86. The lowest BCUT2D eigenvalue weighted by atomic mass is 10.1. The van der Waals surface area contributed by atoms with Gasteiger partial charge in [0.15, 0.2) is 0 Å². The van der Waals surface area contributed by atoms with Gasteiger partial charge >= 0.3 is 11.2 Å². The Morgan fingerprint density at radius 2 is 2.04 bits per heavy atom. The lowest BCUT2D eigenvalue weighted by Gasteiger charge is -2.18. The summed E-state index contributed by atoms with van der Waals surface area (Å²) in [7, 11) is 1.54. The van der Waals surface area contributed by atoms with Crippen LogP contribution in [0.5, 0.6) is 0 Å². The van der Waals surface area contributed by atoms with Crippen molar-refractivity contribution in [2.75, 3.05) is 18.5 Å². The number of anilines is 1. The zero-order chi connectivity index (χ0) is 17.0. The number of fused-ring (bicyclic) bond motifs is 1. The zero-order valence-corrected chi connectivity index (χ0v) is 13.5. The number of nitrogens with one attached hydrogen (secondary N) is 1. The van der Waals surface area contributed by atoms with Gasteiger partial charge in [-0.2, -0.15) is 0 Å². The second-order valence-corrected chi connectivity index (χ2v) is 5.23. The Balaban J connectivity index is 2.56. The van der Waals surface area contributed by atoms with Crippen molar-refractivity contribution in [3.05, 3.63) is 44.7 Å². The molecule has 0 aliphatic rings. The smallest absolute Gasteiger partial charge is 0.357 e. The molecule has 0 amide bonds. The van der Waals surface area contributed by atoms with Gasteiger partial charge in [-0.25, -0.2) is 0 Å². The summed E-state index contributed by atoms with van der Waals surface area (Å²) in [6, 6.07) is 7.13. The van der Waals surface area contributed by atoms with Crippen LogP contribution in [0.15, 0.2) is 29.1 Å². The van der Waals surface area contributed by atoms with Crippen LogP contribution in [-0.4, -0.2) is 28.7 Å². The summed E-state index contributed by atoms with van der Waals surface area (Å²) in [5.74, 6) is 0. The van der Waals surface area contributed by atoms with Crippen molar-refractivity contribution >= 4 is 22.3 Å². The van der Waals surface area contributed by atoms with Crippen LogP contribution in [0.4, 0.5) is 11.4 Å². The van der Waals surface area contributed by atoms with Crippen molar-refractivity contribution in [1.29, 1.82) is 0 Å². The number of aryl methyl sites for hydroxylation is 1. The van der Waals surface area contributed by atoms with Gasteiger partial charge in [-0.05, 0) is 19.4 Å². The van der Waals surface area contributed by atoms with E-state index < -0.39 is 16.2 Å². The summed E-state index contributed by atoms with van der Waals surface area (Å²) in [5, 5.41) is 15.1. The van der Waals surface area contributed by atoms with Crippen LogP contribution < -0.4 is 10.9 Å². The predicted octanol–water partition coefficient (Wildman–Crippen LogP) is 2.67. The number of hydrogen-bond donors (Lipinski definition) is 1. The Hall–Kier alpha value is -2.41. The lowest BCUT2D eigenvalue weighted by Crippen LogP contribution is -2.26. The number of nitro groups is 1. The average molecular weight is 319 g/mol. The molecular formula is C16H21N3O4. The number of benzene rings is 1. The molecular weight excluding hydrogens is 298 g/mol. The molecule has 2 aromatic rings. The van der Waals surface area contributed by atoms with Gasteiger partial charge in [0.05, 0.1) is 16.5 Å². The summed E-state index contributed by atoms with van der Waals surface area (Å²) < 4.78 is 6.87. The van der Waals surface area contributed by atoms with Gasteiger partial charge in [-0.15, -0.1) is 0 Å². The number of rotatable bonds is 7. The molecule has 0 spiro atoms. The van der Waals surface area contributed by atoms with Crippen LogP contribution >= 0.6 is 0 Å². The molecule has 1 atom stereocenters. The van der Waals surface area contributed by atoms with Gasteiger partial charge < -0.3 is 14.6 Å². The highest BCUT2D eigenvalue weighted by Crippen LogP contribution is 2.29. The molecule has 7 heteroatoms. The minimum atomic E-state index is -0.626. The Morgan fingerprint density at radius 3 is 2.65 bits per heavy atom. The predicted molar refractivity (Wildman–Crippen MR) is 90.0 cm³/mol. The van der Waals surface area contributed by atoms with E-state index >= 15 is 0 Å². The monoisotopic (exact) mass is 319 g/mol. The van der Waals surface area contributed by atoms with Gasteiger partial charge in [-0.3, -0.25) is 14.9 Å². The van der Waals surface area contributed by atoms with Crippen LogP contribution in [-0.2, 0) is 11.8 Å². The summed E-state index contributed by atoms with van der Waals surface area (Å²) in [5.41, 5.74) is -0.153. The highest BCUT2D eigenvalue weighted by molar-refractivity contribution is 5.96. The maximum absolute atomic E-state index is 12.3. The average Bonchev–Trinajstić information content (AvgIpc) is 2.55. The largest absolute Gasteiger partial charge is 0.377 e. The first-order valence-electron chi connectivity index (χ1n) is 7.62. The van der Waals surface area contributed by atoms with Crippen LogP contribution in [0.1, 0.15) is 20.3 Å². The Morgan fingerprint density at radius 1 is 1.35 bits per heavy atom. The number of hydrogen-bond acceptors (Lipinski definition) is 5.